The number of aryl methyl sites for hydroxylation is 1. The Balaban J connectivity index is 1.62. The summed E-state index contributed by atoms with van der Waals surface area (Å²) in [6, 6.07) is 10.3. The standard InChI is InChI=1S/C18H20N2O6S/c1-24-15-7-5-13(10-14(15)20-27(2,22)23)19-18(21)8-4-12-3-6-16-17(9-12)26-11-25-16/h3,5-7,9-10,20H,4,8,11H2,1-2H3,(H,19,21). The zero-order chi connectivity index (χ0) is 19.4. The molecule has 0 radical (unpaired) electrons. The van der Waals surface area contributed by atoms with Crippen LogP contribution in [-0.4, -0.2) is 34.5 Å². The molecule has 27 heavy (non-hydrogen) atoms. The Morgan fingerprint density at radius 2 is 1.93 bits per heavy atom. The van der Waals surface area contributed by atoms with E-state index in [4.69, 9.17) is 14.2 Å². The lowest BCUT2D eigenvalue weighted by Crippen LogP contribution is -2.14. The van der Waals surface area contributed by atoms with Crippen molar-refractivity contribution in [3.05, 3.63) is 42.0 Å². The van der Waals surface area contributed by atoms with Crippen molar-refractivity contribution in [2.75, 3.05) is 30.2 Å². The molecule has 3 rings (SSSR count). The van der Waals surface area contributed by atoms with Crippen LogP contribution in [0.15, 0.2) is 36.4 Å². The first-order valence-corrected chi connectivity index (χ1v) is 10.1. The number of carbonyl (C=O) groups is 1. The molecule has 0 atom stereocenters. The number of hydrogen-bond acceptors (Lipinski definition) is 6. The monoisotopic (exact) mass is 392 g/mol. The number of carbonyl (C=O) groups excluding carboxylic acids is 1. The van der Waals surface area contributed by atoms with Crippen LogP contribution in [-0.2, 0) is 21.2 Å². The summed E-state index contributed by atoms with van der Waals surface area (Å²) in [5, 5.41) is 2.76. The van der Waals surface area contributed by atoms with Gasteiger partial charge in [0.1, 0.15) is 5.75 Å². The van der Waals surface area contributed by atoms with E-state index < -0.39 is 10.0 Å². The van der Waals surface area contributed by atoms with Crippen LogP contribution in [0.3, 0.4) is 0 Å². The molecule has 9 heteroatoms. The quantitative estimate of drug-likeness (QED) is 0.750. The molecular weight excluding hydrogens is 372 g/mol. The van der Waals surface area contributed by atoms with Crippen molar-refractivity contribution in [2.45, 2.75) is 12.8 Å². The second-order valence-electron chi connectivity index (χ2n) is 6.03. The average Bonchev–Trinajstić information content (AvgIpc) is 3.06. The van der Waals surface area contributed by atoms with Crippen molar-refractivity contribution in [1.82, 2.24) is 0 Å². The van der Waals surface area contributed by atoms with Crippen molar-refractivity contribution in [3.63, 3.8) is 0 Å². The molecule has 2 aromatic carbocycles. The average molecular weight is 392 g/mol. The Bertz CT molecular complexity index is 958. The van der Waals surface area contributed by atoms with Crippen LogP contribution < -0.4 is 24.2 Å². The van der Waals surface area contributed by atoms with Gasteiger partial charge in [0, 0.05) is 12.1 Å². The number of amides is 1. The number of sulfonamides is 1. The van der Waals surface area contributed by atoms with Crippen molar-refractivity contribution >= 4 is 27.3 Å². The van der Waals surface area contributed by atoms with Crippen LogP contribution in [0.5, 0.6) is 17.2 Å². The Labute approximate surface area is 157 Å². The topological polar surface area (TPSA) is 103 Å². The summed E-state index contributed by atoms with van der Waals surface area (Å²) in [6.45, 7) is 0.209. The van der Waals surface area contributed by atoms with E-state index in [-0.39, 0.29) is 24.8 Å². The summed E-state index contributed by atoms with van der Waals surface area (Å²) in [5.41, 5.74) is 1.69. The minimum atomic E-state index is -3.47. The number of methoxy groups -OCH3 is 1. The first kappa shape index (κ1) is 18.8. The molecule has 1 aliphatic rings. The first-order chi connectivity index (χ1) is 12.8. The van der Waals surface area contributed by atoms with Crippen molar-refractivity contribution in [3.8, 4) is 17.2 Å². The van der Waals surface area contributed by atoms with Crippen LogP contribution in [0.4, 0.5) is 11.4 Å². The summed E-state index contributed by atoms with van der Waals surface area (Å²) in [4.78, 5) is 12.2. The molecule has 8 nitrogen and oxygen atoms in total. The molecule has 1 amide bonds. The molecule has 2 N–H and O–H groups in total. The van der Waals surface area contributed by atoms with Gasteiger partial charge in [0.2, 0.25) is 22.7 Å². The van der Waals surface area contributed by atoms with E-state index in [9.17, 15) is 13.2 Å². The van der Waals surface area contributed by atoms with Crippen LogP contribution in [0.2, 0.25) is 0 Å². The normalized spacial score (nSPS) is 12.5. The molecule has 0 saturated carbocycles. The molecule has 0 bridgehead atoms. The fourth-order valence-corrected chi connectivity index (χ4v) is 3.20. The van der Waals surface area contributed by atoms with Gasteiger partial charge >= 0.3 is 0 Å². The van der Waals surface area contributed by atoms with Crippen molar-refractivity contribution < 1.29 is 27.4 Å². The van der Waals surface area contributed by atoms with Gasteiger partial charge in [-0.1, -0.05) is 6.07 Å². The van der Waals surface area contributed by atoms with Crippen LogP contribution in [0, 0.1) is 0 Å². The highest BCUT2D eigenvalue weighted by Crippen LogP contribution is 2.33. The number of nitrogens with one attached hydrogen (secondary N) is 2. The lowest BCUT2D eigenvalue weighted by Gasteiger charge is -2.12. The minimum Gasteiger partial charge on any atom is -0.495 e. The Morgan fingerprint density at radius 1 is 1.15 bits per heavy atom. The molecule has 0 fully saturated rings. The van der Waals surface area contributed by atoms with E-state index in [1.807, 2.05) is 18.2 Å². The van der Waals surface area contributed by atoms with Gasteiger partial charge in [-0.05, 0) is 42.3 Å². The van der Waals surface area contributed by atoms with Gasteiger partial charge in [-0.15, -0.1) is 0 Å². The fourth-order valence-electron chi connectivity index (χ4n) is 2.64. The second kappa shape index (κ2) is 7.75. The predicted molar refractivity (Wildman–Crippen MR) is 101 cm³/mol. The molecule has 0 saturated heterocycles. The molecule has 144 valence electrons. The molecular formula is C18H20N2O6S. The van der Waals surface area contributed by atoms with Crippen molar-refractivity contribution in [2.24, 2.45) is 0 Å². The first-order valence-electron chi connectivity index (χ1n) is 8.18. The van der Waals surface area contributed by atoms with Gasteiger partial charge in [-0.3, -0.25) is 9.52 Å². The summed E-state index contributed by atoms with van der Waals surface area (Å²) in [7, 11) is -2.03. The Morgan fingerprint density at radius 3 is 2.67 bits per heavy atom. The molecule has 0 spiro atoms. The third-order valence-electron chi connectivity index (χ3n) is 3.86. The summed E-state index contributed by atoms with van der Waals surface area (Å²) in [5.74, 6) is 1.55. The second-order valence-corrected chi connectivity index (χ2v) is 7.77. The van der Waals surface area contributed by atoms with Crippen LogP contribution in [0.1, 0.15) is 12.0 Å². The highest BCUT2D eigenvalue weighted by molar-refractivity contribution is 7.92. The van der Waals surface area contributed by atoms with Gasteiger partial charge in [0.15, 0.2) is 11.5 Å². The maximum absolute atomic E-state index is 12.2. The van der Waals surface area contributed by atoms with Gasteiger partial charge < -0.3 is 19.5 Å². The molecule has 1 heterocycles. The third-order valence-corrected chi connectivity index (χ3v) is 4.45. The summed E-state index contributed by atoms with van der Waals surface area (Å²) < 4.78 is 41.0. The van der Waals surface area contributed by atoms with E-state index >= 15 is 0 Å². The minimum absolute atomic E-state index is 0.192. The van der Waals surface area contributed by atoms with Gasteiger partial charge in [-0.25, -0.2) is 8.42 Å². The number of benzene rings is 2. The van der Waals surface area contributed by atoms with Gasteiger partial charge in [-0.2, -0.15) is 0 Å². The highest BCUT2D eigenvalue weighted by atomic mass is 32.2. The van der Waals surface area contributed by atoms with E-state index in [1.54, 1.807) is 12.1 Å². The highest BCUT2D eigenvalue weighted by Gasteiger charge is 2.14. The SMILES string of the molecule is COc1ccc(NC(=O)CCc2ccc3c(c2)OCO3)cc1NS(C)(=O)=O. The number of hydrogen-bond donors (Lipinski definition) is 2. The Hall–Kier alpha value is -2.94. The molecule has 0 aliphatic carbocycles. The molecule has 0 unspecified atom stereocenters. The molecule has 1 aliphatic heterocycles. The number of rotatable bonds is 7. The number of anilines is 2. The lowest BCUT2D eigenvalue weighted by atomic mass is 10.1. The maximum Gasteiger partial charge on any atom is 0.231 e. The van der Waals surface area contributed by atoms with Gasteiger partial charge in [0.05, 0.1) is 19.1 Å². The smallest absolute Gasteiger partial charge is 0.231 e. The van der Waals surface area contributed by atoms with Gasteiger partial charge in [0.25, 0.3) is 0 Å². The van der Waals surface area contributed by atoms with Crippen LogP contribution >= 0.6 is 0 Å². The van der Waals surface area contributed by atoms with E-state index in [2.05, 4.69) is 10.0 Å². The number of ether oxygens (including phenoxy) is 3. The van der Waals surface area contributed by atoms with E-state index in [1.165, 1.54) is 13.2 Å². The molecule has 0 aromatic heterocycles. The van der Waals surface area contributed by atoms with Crippen molar-refractivity contribution in [1.29, 1.82) is 0 Å². The Kier molecular flexibility index (Phi) is 5.41. The zero-order valence-electron chi connectivity index (χ0n) is 14.9. The van der Waals surface area contributed by atoms with E-state index in [0.717, 1.165) is 11.8 Å². The maximum atomic E-state index is 12.2. The lowest BCUT2D eigenvalue weighted by molar-refractivity contribution is -0.116. The molecule has 2 aromatic rings. The predicted octanol–water partition coefficient (Wildman–Crippen LogP) is 2.37. The summed E-state index contributed by atoms with van der Waals surface area (Å²) in [6.07, 6.45) is 1.84. The summed E-state index contributed by atoms with van der Waals surface area (Å²) >= 11 is 0. The fraction of sp³-hybridized carbons (Fsp3) is 0.278. The number of fused-ring (bicyclic) bond motifs is 1. The third kappa shape index (κ3) is 5.04. The largest absolute Gasteiger partial charge is 0.495 e. The van der Waals surface area contributed by atoms with Crippen LogP contribution in [0.25, 0.3) is 0 Å². The van der Waals surface area contributed by atoms with E-state index in [0.29, 0.717) is 29.4 Å². The zero-order valence-corrected chi connectivity index (χ0v) is 15.8.